The zero-order chi connectivity index (χ0) is 13.1. The highest BCUT2D eigenvalue weighted by atomic mass is 35.5. The minimum atomic E-state index is 0.461. The third-order valence-electron chi connectivity index (χ3n) is 3.24. The van der Waals surface area contributed by atoms with Crippen molar-refractivity contribution in [2.75, 3.05) is 11.4 Å². The second-order valence-corrected chi connectivity index (χ2v) is 6.06. The maximum Gasteiger partial charge on any atom is 0.147 e. The van der Waals surface area contributed by atoms with Gasteiger partial charge in [0.25, 0.3) is 0 Å². The summed E-state index contributed by atoms with van der Waals surface area (Å²) >= 11 is 12.1. The van der Waals surface area contributed by atoms with Crippen LogP contribution in [0.25, 0.3) is 0 Å². The molecule has 1 aromatic heterocycles. The fraction of sp³-hybridized carbons (Fsp3) is 0.643. The average molecular weight is 287 g/mol. The Hall–Kier alpha value is -0.470. The topological polar surface area (TPSA) is 16.1 Å². The Morgan fingerprint density at radius 2 is 2.17 bits per heavy atom. The highest BCUT2D eigenvalue weighted by Crippen LogP contribution is 2.35. The summed E-state index contributed by atoms with van der Waals surface area (Å²) in [5.41, 5.74) is 0.977. The standard InChI is InChI=1S/C14H20Cl2N2/c1-10(2)5-6-18(12-3-4-12)14-13(16)7-11(8-15)9-17-14/h7,9-10,12H,3-6,8H2,1-2H3. The summed E-state index contributed by atoms with van der Waals surface area (Å²) in [6, 6.07) is 2.57. The number of hydrogen-bond acceptors (Lipinski definition) is 2. The van der Waals surface area contributed by atoms with Gasteiger partial charge in [0.15, 0.2) is 0 Å². The van der Waals surface area contributed by atoms with Gasteiger partial charge in [0.1, 0.15) is 5.82 Å². The van der Waals surface area contributed by atoms with Gasteiger partial charge in [0, 0.05) is 24.7 Å². The van der Waals surface area contributed by atoms with E-state index in [0.717, 1.165) is 22.9 Å². The molecule has 0 radical (unpaired) electrons. The van der Waals surface area contributed by atoms with Crippen molar-refractivity contribution in [2.24, 2.45) is 5.92 Å². The van der Waals surface area contributed by atoms with Crippen LogP contribution in [-0.4, -0.2) is 17.6 Å². The fourth-order valence-corrected chi connectivity index (χ4v) is 2.44. The number of pyridine rings is 1. The lowest BCUT2D eigenvalue weighted by atomic mass is 10.1. The molecule has 0 unspecified atom stereocenters. The summed E-state index contributed by atoms with van der Waals surface area (Å²) < 4.78 is 0. The van der Waals surface area contributed by atoms with Crippen LogP contribution in [0.15, 0.2) is 12.3 Å². The Kier molecular flexibility index (Phi) is 4.74. The molecular weight excluding hydrogens is 267 g/mol. The molecule has 0 bridgehead atoms. The molecule has 0 atom stereocenters. The first kappa shape index (κ1) is 14.0. The summed E-state index contributed by atoms with van der Waals surface area (Å²) in [6.07, 6.45) is 5.52. The highest BCUT2D eigenvalue weighted by Gasteiger charge is 2.31. The molecule has 1 saturated carbocycles. The van der Waals surface area contributed by atoms with Crippen LogP contribution >= 0.6 is 23.2 Å². The van der Waals surface area contributed by atoms with E-state index in [9.17, 15) is 0 Å². The molecular formula is C14H20Cl2N2. The molecule has 0 spiro atoms. The summed E-state index contributed by atoms with van der Waals surface area (Å²) in [5.74, 6) is 2.09. The normalized spacial score (nSPS) is 15.2. The Morgan fingerprint density at radius 3 is 2.67 bits per heavy atom. The molecule has 2 rings (SSSR count). The van der Waals surface area contributed by atoms with E-state index in [-0.39, 0.29) is 0 Å². The third kappa shape index (κ3) is 3.52. The van der Waals surface area contributed by atoms with E-state index in [1.54, 1.807) is 0 Å². The lowest BCUT2D eigenvalue weighted by Crippen LogP contribution is -2.29. The molecule has 2 nitrogen and oxygen atoms in total. The largest absolute Gasteiger partial charge is 0.352 e. The third-order valence-corrected chi connectivity index (χ3v) is 3.83. The Bertz CT molecular complexity index is 403. The predicted molar refractivity (Wildman–Crippen MR) is 78.6 cm³/mol. The van der Waals surface area contributed by atoms with E-state index in [4.69, 9.17) is 23.2 Å². The number of anilines is 1. The smallest absolute Gasteiger partial charge is 0.147 e. The van der Waals surface area contributed by atoms with Crippen LogP contribution in [-0.2, 0) is 5.88 Å². The molecule has 100 valence electrons. The Balaban J connectivity index is 2.14. The highest BCUT2D eigenvalue weighted by molar-refractivity contribution is 6.33. The first-order valence-corrected chi connectivity index (χ1v) is 7.50. The minimum Gasteiger partial charge on any atom is -0.352 e. The van der Waals surface area contributed by atoms with E-state index in [1.807, 2.05) is 12.3 Å². The molecule has 0 aromatic carbocycles. The quantitative estimate of drug-likeness (QED) is 0.717. The van der Waals surface area contributed by atoms with Crippen molar-refractivity contribution in [3.8, 4) is 0 Å². The number of halogens is 2. The van der Waals surface area contributed by atoms with E-state index in [2.05, 4.69) is 23.7 Å². The predicted octanol–water partition coefficient (Wildman–Crippen LogP) is 4.49. The van der Waals surface area contributed by atoms with Gasteiger partial charge in [-0.2, -0.15) is 0 Å². The first-order valence-electron chi connectivity index (χ1n) is 6.59. The number of alkyl halides is 1. The van der Waals surface area contributed by atoms with Crippen LogP contribution in [0.5, 0.6) is 0 Å². The molecule has 4 heteroatoms. The first-order chi connectivity index (χ1) is 8.61. The molecule has 0 amide bonds. The summed E-state index contributed by atoms with van der Waals surface area (Å²) in [5, 5.41) is 0.726. The number of hydrogen-bond donors (Lipinski definition) is 0. The molecule has 1 heterocycles. The lowest BCUT2D eigenvalue weighted by molar-refractivity contribution is 0.568. The van der Waals surface area contributed by atoms with Gasteiger partial charge in [0.05, 0.1) is 5.02 Å². The SMILES string of the molecule is CC(C)CCN(c1ncc(CCl)cc1Cl)C1CC1. The van der Waals surface area contributed by atoms with Gasteiger partial charge < -0.3 is 4.90 Å². The monoisotopic (exact) mass is 286 g/mol. The van der Waals surface area contributed by atoms with E-state index in [1.165, 1.54) is 19.3 Å². The van der Waals surface area contributed by atoms with Gasteiger partial charge in [-0.3, -0.25) is 0 Å². The molecule has 1 aliphatic rings. The zero-order valence-electron chi connectivity index (χ0n) is 11.0. The zero-order valence-corrected chi connectivity index (χ0v) is 12.5. The molecule has 0 aliphatic heterocycles. The molecule has 0 saturated heterocycles. The van der Waals surface area contributed by atoms with Crippen molar-refractivity contribution in [1.29, 1.82) is 0 Å². The van der Waals surface area contributed by atoms with Crippen molar-refractivity contribution in [3.63, 3.8) is 0 Å². The fourth-order valence-electron chi connectivity index (χ4n) is 2.00. The molecule has 0 N–H and O–H groups in total. The average Bonchev–Trinajstić information content (AvgIpc) is 3.15. The Morgan fingerprint density at radius 1 is 1.44 bits per heavy atom. The molecule has 1 aromatic rings. The van der Waals surface area contributed by atoms with E-state index >= 15 is 0 Å². The van der Waals surface area contributed by atoms with Crippen molar-refractivity contribution in [2.45, 2.75) is 45.0 Å². The molecule has 1 aliphatic carbocycles. The van der Waals surface area contributed by atoms with Gasteiger partial charge in [-0.15, -0.1) is 11.6 Å². The van der Waals surface area contributed by atoms with Gasteiger partial charge >= 0.3 is 0 Å². The van der Waals surface area contributed by atoms with Crippen LogP contribution in [0.3, 0.4) is 0 Å². The summed E-state index contributed by atoms with van der Waals surface area (Å²) in [7, 11) is 0. The van der Waals surface area contributed by atoms with Gasteiger partial charge in [-0.05, 0) is 36.8 Å². The number of nitrogens with zero attached hydrogens (tertiary/aromatic N) is 2. The van der Waals surface area contributed by atoms with Crippen LogP contribution < -0.4 is 4.90 Å². The molecule has 1 fully saturated rings. The van der Waals surface area contributed by atoms with Crippen LogP contribution in [0.1, 0.15) is 38.7 Å². The Labute approximate surface area is 119 Å². The maximum atomic E-state index is 6.33. The van der Waals surface area contributed by atoms with E-state index < -0.39 is 0 Å². The maximum absolute atomic E-state index is 6.33. The van der Waals surface area contributed by atoms with Crippen molar-refractivity contribution in [3.05, 3.63) is 22.8 Å². The molecule has 18 heavy (non-hydrogen) atoms. The van der Waals surface area contributed by atoms with Crippen molar-refractivity contribution < 1.29 is 0 Å². The van der Waals surface area contributed by atoms with Crippen molar-refractivity contribution in [1.82, 2.24) is 4.98 Å². The lowest BCUT2D eigenvalue weighted by Gasteiger charge is -2.25. The second-order valence-electron chi connectivity index (χ2n) is 5.39. The minimum absolute atomic E-state index is 0.461. The van der Waals surface area contributed by atoms with Crippen LogP contribution in [0, 0.1) is 5.92 Å². The summed E-state index contributed by atoms with van der Waals surface area (Å²) in [4.78, 5) is 6.86. The van der Waals surface area contributed by atoms with Gasteiger partial charge in [-0.1, -0.05) is 25.4 Å². The number of rotatable bonds is 6. The summed E-state index contributed by atoms with van der Waals surface area (Å²) in [6.45, 7) is 5.53. The second kappa shape index (κ2) is 6.12. The van der Waals surface area contributed by atoms with Gasteiger partial charge in [-0.25, -0.2) is 4.98 Å². The van der Waals surface area contributed by atoms with Crippen LogP contribution in [0.2, 0.25) is 5.02 Å². The van der Waals surface area contributed by atoms with Crippen molar-refractivity contribution >= 4 is 29.0 Å². The van der Waals surface area contributed by atoms with E-state index in [0.29, 0.717) is 17.8 Å². The number of aromatic nitrogens is 1. The van der Waals surface area contributed by atoms with Crippen LogP contribution in [0.4, 0.5) is 5.82 Å². The van der Waals surface area contributed by atoms with Gasteiger partial charge in [0.2, 0.25) is 0 Å².